The van der Waals surface area contributed by atoms with Crippen molar-refractivity contribution in [1.82, 2.24) is 4.90 Å². The van der Waals surface area contributed by atoms with Crippen LogP contribution in [0.2, 0.25) is 0 Å². The SMILES string of the molecule is CC(C)CN(CC(C)C)CC(C)C(O)c1ccccc1. The Balaban J connectivity index is 2.62. The van der Waals surface area contributed by atoms with Gasteiger partial charge in [-0.25, -0.2) is 0 Å². The zero-order chi connectivity index (χ0) is 15.1. The third-order valence-electron chi connectivity index (χ3n) is 3.47. The van der Waals surface area contributed by atoms with Gasteiger partial charge in [-0.05, 0) is 23.3 Å². The summed E-state index contributed by atoms with van der Waals surface area (Å²) in [5.41, 5.74) is 1.02. The van der Waals surface area contributed by atoms with E-state index >= 15 is 0 Å². The number of aliphatic hydroxyl groups is 1. The van der Waals surface area contributed by atoms with Gasteiger partial charge in [0, 0.05) is 19.6 Å². The van der Waals surface area contributed by atoms with Gasteiger partial charge in [-0.1, -0.05) is 65.0 Å². The molecule has 0 aliphatic heterocycles. The van der Waals surface area contributed by atoms with Crippen LogP contribution in [0, 0.1) is 17.8 Å². The normalized spacial score (nSPS) is 15.1. The van der Waals surface area contributed by atoms with Gasteiger partial charge in [-0.3, -0.25) is 0 Å². The molecule has 1 aromatic carbocycles. The van der Waals surface area contributed by atoms with Crippen molar-refractivity contribution in [2.24, 2.45) is 17.8 Å². The summed E-state index contributed by atoms with van der Waals surface area (Å²) in [5, 5.41) is 10.5. The van der Waals surface area contributed by atoms with Gasteiger partial charge in [-0.2, -0.15) is 0 Å². The molecule has 0 fully saturated rings. The number of aliphatic hydroxyl groups excluding tert-OH is 1. The van der Waals surface area contributed by atoms with Crippen molar-refractivity contribution in [3.05, 3.63) is 35.9 Å². The predicted octanol–water partition coefficient (Wildman–Crippen LogP) is 3.97. The summed E-state index contributed by atoms with van der Waals surface area (Å²) in [5.74, 6) is 1.57. The van der Waals surface area contributed by atoms with Crippen molar-refractivity contribution in [2.45, 2.75) is 40.7 Å². The lowest BCUT2D eigenvalue weighted by Gasteiger charge is -2.30. The summed E-state index contributed by atoms with van der Waals surface area (Å²) >= 11 is 0. The van der Waals surface area contributed by atoms with E-state index in [-0.39, 0.29) is 12.0 Å². The number of hydrogen-bond donors (Lipinski definition) is 1. The average molecular weight is 277 g/mol. The molecule has 1 aromatic rings. The minimum Gasteiger partial charge on any atom is -0.388 e. The molecule has 2 heteroatoms. The molecule has 2 atom stereocenters. The summed E-state index contributed by atoms with van der Waals surface area (Å²) in [7, 11) is 0. The fraction of sp³-hybridized carbons (Fsp3) is 0.667. The fourth-order valence-corrected chi connectivity index (χ4v) is 2.74. The third-order valence-corrected chi connectivity index (χ3v) is 3.47. The summed E-state index contributed by atoms with van der Waals surface area (Å²) in [4.78, 5) is 2.49. The van der Waals surface area contributed by atoms with Crippen molar-refractivity contribution < 1.29 is 5.11 Å². The van der Waals surface area contributed by atoms with E-state index in [1.165, 1.54) is 0 Å². The van der Waals surface area contributed by atoms with Gasteiger partial charge in [0.1, 0.15) is 0 Å². The molecule has 1 rings (SSSR count). The zero-order valence-corrected chi connectivity index (χ0v) is 13.7. The summed E-state index contributed by atoms with van der Waals surface area (Å²) < 4.78 is 0. The number of benzene rings is 1. The van der Waals surface area contributed by atoms with E-state index in [2.05, 4.69) is 39.5 Å². The van der Waals surface area contributed by atoms with Gasteiger partial charge >= 0.3 is 0 Å². The van der Waals surface area contributed by atoms with Crippen molar-refractivity contribution in [1.29, 1.82) is 0 Å². The van der Waals surface area contributed by atoms with Crippen molar-refractivity contribution >= 4 is 0 Å². The fourth-order valence-electron chi connectivity index (χ4n) is 2.74. The maximum absolute atomic E-state index is 10.5. The van der Waals surface area contributed by atoms with Crippen LogP contribution in [0.1, 0.15) is 46.3 Å². The van der Waals surface area contributed by atoms with Crippen molar-refractivity contribution in [3.8, 4) is 0 Å². The number of rotatable bonds is 8. The topological polar surface area (TPSA) is 23.5 Å². The Morgan fingerprint density at radius 1 is 0.850 bits per heavy atom. The van der Waals surface area contributed by atoms with E-state index in [1.807, 2.05) is 30.3 Å². The van der Waals surface area contributed by atoms with E-state index in [9.17, 15) is 5.11 Å². The molecule has 0 spiro atoms. The molecule has 2 nitrogen and oxygen atoms in total. The Morgan fingerprint density at radius 2 is 1.35 bits per heavy atom. The molecule has 0 radical (unpaired) electrons. The van der Waals surface area contributed by atoms with Gasteiger partial charge < -0.3 is 10.0 Å². The minimum atomic E-state index is -0.377. The minimum absolute atomic E-state index is 0.245. The maximum atomic E-state index is 10.5. The molecule has 2 unspecified atom stereocenters. The molecule has 0 bridgehead atoms. The highest BCUT2D eigenvalue weighted by Gasteiger charge is 2.20. The second-order valence-corrected chi connectivity index (χ2v) is 6.84. The van der Waals surface area contributed by atoms with Gasteiger partial charge in [0.05, 0.1) is 6.10 Å². The van der Waals surface area contributed by atoms with E-state index in [1.54, 1.807) is 0 Å². The molecule has 0 saturated heterocycles. The summed E-state index contributed by atoms with van der Waals surface area (Å²) in [6.07, 6.45) is -0.377. The first kappa shape index (κ1) is 17.2. The van der Waals surface area contributed by atoms with Gasteiger partial charge in [-0.15, -0.1) is 0 Å². The number of hydrogen-bond acceptors (Lipinski definition) is 2. The number of nitrogens with zero attached hydrogens (tertiary/aromatic N) is 1. The first-order chi connectivity index (χ1) is 9.40. The first-order valence-electron chi connectivity index (χ1n) is 7.85. The molecule has 0 aliphatic rings. The van der Waals surface area contributed by atoms with Crippen LogP contribution >= 0.6 is 0 Å². The van der Waals surface area contributed by atoms with E-state index in [0.717, 1.165) is 25.2 Å². The highest BCUT2D eigenvalue weighted by Crippen LogP contribution is 2.23. The molecule has 0 heterocycles. The third kappa shape index (κ3) is 6.06. The summed E-state index contributed by atoms with van der Waals surface area (Å²) in [6.45, 7) is 14.3. The molecule has 114 valence electrons. The first-order valence-corrected chi connectivity index (χ1v) is 7.85. The monoisotopic (exact) mass is 277 g/mol. The van der Waals surface area contributed by atoms with Crippen LogP contribution in [0.5, 0.6) is 0 Å². The lowest BCUT2D eigenvalue weighted by molar-refractivity contribution is 0.0804. The predicted molar refractivity (Wildman–Crippen MR) is 86.7 cm³/mol. The van der Waals surface area contributed by atoms with Gasteiger partial charge in [0.2, 0.25) is 0 Å². The molecular formula is C18H31NO. The van der Waals surface area contributed by atoms with Crippen LogP contribution in [-0.4, -0.2) is 29.6 Å². The Kier molecular flexibility index (Phi) is 7.25. The lowest BCUT2D eigenvalue weighted by Crippen LogP contribution is -2.36. The molecule has 0 aromatic heterocycles. The van der Waals surface area contributed by atoms with E-state index in [0.29, 0.717) is 11.8 Å². The van der Waals surface area contributed by atoms with E-state index < -0.39 is 0 Å². The second-order valence-electron chi connectivity index (χ2n) is 6.84. The molecule has 20 heavy (non-hydrogen) atoms. The van der Waals surface area contributed by atoms with Crippen LogP contribution < -0.4 is 0 Å². The van der Waals surface area contributed by atoms with E-state index in [4.69, 9.17) is 0 Å². The molecule has 0 aliphatic carbocycles. The van der Waals surface area contributed by atoms with Crippen LogP contribution in [0.25, 0.3) is 0 Å². The second kappa shape index (κ2) is 8.43. The smallest absolute Gasteiger partial charge is 0.0827 e. The maximum Gasteiger partial charge on any atom is 0.0827 e. The quantitative estimate of drug-likeness (QED) is 0.777. The van der Waals surface area contributed by atoms with Crippen molar-refractivity contribution in [2.75, 3.05) is 19.6 Å². The van der Waals surface area contributed by atoms with Crippen LogP contribution in [-0.2, 0) is 0 Å². The molecular weight excluding hydrogens is 246 g/mol. The Labute approximate surface area is 124 Å². The largest absolute Gasteiger partial charge is 0.388 e. The lowest BCUT2D eigenvalue weighted by atomic mass is 9.96. The molecule has 1 N–H and O–H groups in total. The molecule has 0 amide bonds. The van der Waals surface area contributed by atoms with Crippen LogP contribution in [0.3, 0.4) is 0 Å². The van der Waals surface area contributed by atoms with Gasteiger partial charge in [0.25, 0.3) is 0 Å². The molecule has 0 saturated carbocycles. The van der Waals surface area contributed by atoms with Gasteiger partial charge in [0.15, 0.2) is 0 Å². The van der Waals surface area contributed by atoms with Crippen LogP contribution in [0.15, 0.2) is 30.3 Å². The highest BCUT2D eigenvalue weighted by atomic mass is 16.3. The standard InChI is InChI=1S/C18H31NO/c1-14(2)11-19(12-15(3)4)13-16(5)18(20)17-9-7-6-8-10-17/h6-10,14-16,18,20H,11-13H2,1-5H3. The Morgan fingerprint density at radius 3 is 1.80 bits per heavy atom. The highest BCUT2D eigenvalue weighted by molar-refractivity contribution is 5.17. The Bertz CT molecular complexity index is 351. The zero-order valence-electron chi connectivity index (χ0n) is 13.7. The summed E-state index contributed by atoms with van der Waals surface area (Å²) in [6, 6.07) is 9.99. The Hall–Kier alpha value is -0.860. The average Bonchev–Trinajstić information content (AvgIpc) is 2.37. The van der Waals surface area contributed by atoms with Crippen LogP contribution in [0.4, 0.5) is 0 Å². The van der Waals surface area contributed by atoms with Crippen molar-refractivity contribution in [3.63, 3.8) is 0 Å².